The van der Waals surface area contributed by atoms with Crippen LogP contribution in [0.25, 0.3) is 0 Å². The van der Waals surface area contributed by atoms with Gasteiger partial charge in [0.25, 0.3) is 0 Å². The Morgan fingerprint density at radius 3 is 2.65 bits per heavy atom. The molecule has 0 aliphatic rings. The molecule has 6 nitrogen and oxygen atoms in total. The lowest BCUT2D eigenvalue weighted by atomic mass is 10.4. The first kappa shape index (κ1) is 17.1. The summed E-state index contributed by atoms with van der Waals surface area (Å²) in [5.74, 6) is -1.12. The maximum absolute atomic E-state index is 11.9. The van der Waals surface area contributed by atoms with Crippen molar-refractivity contribution >= 4 is 27.3 Å². The van der Waals surface area contributed by atoms with E-state index in [2.05, 4.69) is 11.6 Å². The normalized spacial score (nSPS) is 11.7. The molecule has 0 amide bonds. The van der Waals surface area contributed by atoms with E-state index in [1.165, 1.54) is 12.1 Å². The van der Waals surface area contributed by atoms with Crippen LogP contribution in [0.3, 0.4) is 0 Å². The number of thiophene rings is 1. The first-order valence-electron chi connectivity index (χ1n) is 6.38. The summed E-state index contributed by atoms with van der Waals surface area (Å²) < 4.78 is 31.5. The van der Waals surface area contributed by atoms with Gasteiger partial charge in [0.1, 0.15) is 9.09 Å². The summed E-state index contributed by atoms with van der Waals surface area (Å²) in [5, 5.41) is 8.76. The number of carboxylic acids is 1. The smallest absolute Gasteiger partial charge is 0.345 e. The summed E-state index contributed by atoms with van der Waals surface area (Å²) in [5.41, 5.74) is 0. The molecule has 0 fully saturated rings. The number of nitrogens with one attached hydrogen (secondary N) is 1. The van der Waals surface area contributed by atoms with Gasteiger partial charge in [-0.15, -0.1) is 11.3 Å². The van der Waals surface area contributed by atoms with Crippen molar-refractivity contribution in [2.75, 3.05) is 19.8 Å². The van der Waals surface area contributed by atoms with E-state index in [4.69, 9.17) is 9.84 Å². The highest BCUT2D eigenvalue weighted by Gasteiger charge is 2.18. The summed E-state index contributed by atoms with van der Waals surface area (Å²) in [7, 11) is -3.62. The zero-order chi connectivity index (χ0) is 15.0. The van der Waals surface area contributed by atoms with Gasteiger partial charge in [0.05, 0.1) is 0 Å². The first-order valence-corrected chi connectivity index (χ1v) is 8.68. The van der Waals surface area contributed by atoms with Crippen LogP contribution in [-0.2, 0) is 14.8 Å². The third-order valence-electron chi connectivity index (χ3n) is 2.46. The molecule has 20 heavy (non-hydrogen) atoms. The molecule has 0 bridgehead atoms. The molecule has 0 radical (unpaired) electrons. The predicted octanol–water partition coefficient (Wildman–Crippen LogP) is 1.93. The quantitative estimate of drug-likeness (QED) is 0.642. The second-order valence-corrected chi connectivity index (χ2v) is 7.22. The van der Waals surface area contributed by atoms with E-state index in [9.17, 15) is 13.2 Å². The third kappa shape index (κ3) is 5.58. The number of carboxylic acid groups (broad SMARTS) is 1. The summed E-state index contributed by atoms with van der Waals surface area (Å²) in [6, 6.07) is 2.59. The molecular weight excluding hydrogens is 302 g/mol. The Hall–Kier alpha value is -0.960. The van der Waals surface area contributed by atoms with Gasteiger partial charge in [-0.1, -0.05) is 13.3 Å². The lowest BCUT2D eigenvalue weighted by Crippen LogP contribution is -2.24. The van der Waals surface area contributed by atoms with Crippen LogP contribution < -0.4 is 4.72 Å². The standard InChI is InChI=1S/C12H19NO5S2/c1-2-3-8-18-9-4-7-13-20(16,17)11-6-5-10(19-11)12(14)15/h5-6,13H,2-4,7-9H2,1H3,(H,14,15). The maximum Gasteiger partial charge on any atom is 0.345 e. The number of unbranched alkanes of at least 4 members (excludes halogenated alkanes) is 1. The Balaban J connectivity index is 2.36. The van der Waals surface area contributed by atoms with Gasteiger partial charge in [-0.25, -0.2) is 17.9 Å². The zero-order valence-electron chi connectivity index (χ0n) is 11.3. The number of rotatable bonds is 10. The van der Waals surface area contributed by atoms with Crippen molar-refractivity contribution in [1.82, 2.24) is 4.72 Å². The monoisotopic (exact) mass is 321 g/mol. The van der Waals surface area contributed by atoms with Crippen LogP contribution in [0.2, 0.25) is 0 Å². The fourth-order valence-electron chi connectivity index (χ4n) is 1.38. The van der Waals surface area contributed by atoms with Gasteiger partial charge >= 0.3 is 5.97 Å². The molecule has 1 aromatic heterocycles. The van der Waals surface area contributed by atoms with Crippen molar-refractivity contribution in [3.63, 3.8) is 0 Å². The average molecular weight is 321 g/mol. The van der Waals surface area contributed by atoms with Crippen LogP contribution in [0.1, 0.15) is 35.9 Å². The molecule has 0 saturated heterocycles. The fourth-order valence-corrected chi connectivity index (χ4v) is 3.64. The molecule has 8 heteroatoms. The number of carbonyl (C=O) groups is 1. The summed E-state index contributed by atoms with van der Waals surface area (Å²) >= 11 is 0.742. The van der Waals surface area contributed by atoms with E-state index in [-0.39, 0.29) is 15.6 Å². The van der Waals surface area contributed by atoms with Gasteiger partial charge in [-0.3, -0.25) is 0 Å². The van der Waals surface area contributed by atoms with Crippen molar-refractivity contribution in [3.05, 3.63) is 17.0 Å². The van der Waals surface area contributed by atoms with Gasteiger partial charge in [-0.2, -0.15) is 0 Å². The molecule has 2 N–H and O–H groups in total. The highest BCUT2D eigenvalue weighted by Crippen LogP contribution is 2.21. The minimum absolute atomic E-state index is 0.00766. The molecule has 1 rings (SSSR count). The van der Waals surface area contributed by atoms with Crippen LogP contribution in [0, 0.1) is 0 Å². The van der Waals surface area contributed by atoms with Crippen molar-refractivity contribution in [1.29, 1.82) is 0 Å². The highest BCUT2D eigenvalue weighted by atomic mass is 32.2. The molecule has 114 valence electrons. The van der Waals surface area contributed by atoms with Crippen molar-refractivity contribution in [2.45, 2.75) is 30.4 Å². The first-order chi connectivity index (χ1) is 9.47. The Morgan fingerprint density at radius 2 is 2.05 bits per heavy atom. The Kier molecular flexibility index (Phi) is 7.14. The SMILES string of the molecule is CCCCOCCCNS(=O)(=O)c1ccc(C(=O)O)s1. The lowest BCUT2D eigenvalue weighted by molar-refractivity contribution is 0.0702. The lowest BCUT2D eigenvalue weighted by Gasteiger charge is -2.05. The number of aromatic carboxylic acids is 1. The zero-order valence-corrected chi connectivity index (χ0v) is 12.9. The second kappa shape index (κ2) is 8.35. The van der Waals surface area contributed by atoms with Gasteiger partial charge in [0.2, 0.25) is 10.0 Å². The number of hydrogen-bond acceptors (Lipinski definition) is 5. The molecule has 1 heterocycles. The third-order valence-corrected chi connectivity index (χ3v) is 5.48. The van der Waals surface area contributed by atoms with Gasteiger partial charge in [-0.05, 0) is 25.0 Å². The van der Waals surface area contributed by atoms with E-state index < -0.39 is 16.0 Å². The molecule has 0 aliphatic carbocycles. The predicted molar refractivity (Wildman–Crippen MR) is 76.8 cm³/mol. The highest BCUT2D eigenvalue weighted by molar-refractivity contribution is 7.91. The molecule has 0 unspecified atom stereocenters. The van der Waals surface area contributed by atoms with Crippen LogP contribution >= 0.6 is 11.3 Å². The van der Waals surface area contributed by atoms with Crippen LogP contribution in [-0.4, -0.2) is 39.3 Å². The van der Waals surface area contributed by atoms with Gasteiger partial charge in [0.15, 0.2) is 0 Å². The van der Waals surface area contributed by atoms with Crippen LogP contribution in [0.4, 0.5) is 0 Å². The summed E-state index contributed by atoms with van der Waals surface area (Å²) in [4.78, 5) is 10.7. The van der Waals surface area contributed by atoms with E-state index in [0.29, 0.717) is 19.6 Å². The van der Waals surface area contributed by atoms with Crippen molar-refractivity contribution < 1.29 is 23.1 Å². The largest absolute Gasteiger partial charge is 0.477 e. The fraction of sp³-hybridized carbons (Fsp3) is 0.583. The molecule has 0 spiro atoms. The number of hydrogen-bond donors (Lipinski definition) is 2. The van der Waals surface area contributed by atoms with E-state index in [0.717, 1.165) is 24.2 Å². The minimum Gasteiger partial charge on any atom is -0.477 e. The van der Waals surface area contributed by atoms with Crippen molar-refractivity contribution in [2.24, 2.45) is 0 Å². The Labute approximate surface area is 122 Å². The molecule has 0 atom stereocenters. The minimum atomic E-state index is -3.62. The number of sulfonamides is 1. The second-order valence-electron chi connectivity index (χ2n) is 4.14. The summed E-state index contributed by atoms with van der Waals surface area (Å²) in [6.07, 6.45) is 2.65. The van der Waals surface area contributed by atoms with Gasteiger partial charge in [0, 0.05) is 19.8 Å². The Morgan fingerprint density at radius 1 is 1.35 bits per heavy atom. The van der Waals surface area contributed by atoms with E-state index in [1.54, 1.807) is 0 Å². The molecule has 1 aromatic rings. The Bertz CT molecular complexity index is 524. The molecule has 0 saturated carbocycles. The maximum atomic E-state index is 11.9. The van der Waals surface area contributed by atoms with Crippen molar-refractivity contribution in [3.8, 4) is 0 Å². The molecule has 0 aromatic carbocycles. The molecular formula is C12H19NO5S2. The van der Waals surface area contributed by atoms with E-state index in [1.807, 2.05) is 0 Å². The average Bonchev–Trinajstić information content (AvgIpc) is 2.88. The molecule has 0 aliphatic heterocycles. The van der Waals surface area contributed by atoms with E-state index >= 15 is 0 Å². The summed E-state index contributed by atoms with van der Waals surface area (Å²) in [6.45, 7) is 3.54. The number of ether oxygens (including phenoxy) is 1. The van der Waals surface area contributed by atoms with Crippen LogP contribution in [0.15, 0.2) is 16.3 Å². The van der Waals surface area contributed by atoms with Gasteiger partial charge < -0.3 is 9.84 Å². The van der Waals surface area contributed by atoms with Crippen LogP contribution in [0.5, 0.6) is 0 Å². The topological polar surface area (TPSA) is 92.7 Å².